The first-order valence-electron chi connectivity index (χ1n) is 4.81. The lowest BCUT2D eigenvalue weighted by Crippen LogP contribution is -2.28. The zero-order chi connectivity index (χ0) is 9.97. The van der Waals surface area contributed by atoms with E-state index in [-0.39, 0.29) is 24.7 Å². The highest BCUT2D eigenvalue weighted by Gasteiger charge is 2.27. The molecule has 0 spiro atoms. The fraction of sp³-hybridized carbons (Fsp3) is 0.600. The average molecular weight is 195 g/mol. The third-order valence-corrected chi connectivity index (χ3v) is 2.52. The van der Waals surface area contributed by atoms with E-state index in [9.17, 15) is 9.59 Å². The van der Waals surface area contributed by atoms with Crippen molar-refractivity contribution in [2.45, 2.75) is 12.8 Å². The molecule has 0 atom stereocenters. The third kappa shape index (κ3) is 2.01. The molecule has 0 unspecified atom stereocenters. The van der Waals surface area contributed by atoms with Crippen molar-refractivity contribution in [1.29, 1.82) is 0 Å². The number of amides is 1. The van der Waals surface area contributed by atoms with Gasteiger partial charge >= 0.3 is 0 Å². The first-order valence-corrected chi connectivity index (χ1v) is 4.81. The van der Waals surface area contributed by atoms with Crippen LogP contribution in [0.5, 0.6) is 0 Å². The number of nitrogens with zero attached hydrogens (tertiary/aromatic N) is 1. The summed E-state index contributed by atoms with van der Waals surface area (Å²) in [5.74, 6) is -0.00921. The summed E-state index contributed by atoms with van der Waals surface area (Å²) in [6.45, 7) is 2.25. The van der Waals surface area contributed by atoms with E-state index in [1.54, 1.807) is 4.90 Å². The highest BCUT2D eigenvalue weighted by Crippen LogP contribution is 2.13. The fourth-order valence-electron chi connectivity index (χ4n) is 1.74. The topological polar surface area (TPSA) is 46.6 Å². The number of carbonyl (C=O) groups excluding carboxylic acids is 2. The van der Waals surface area contributed by atoms with Crippen LogP contribution in [-0.2, 0) is 14.3 Å². The van der Waals surface area contributed by atoms with Crippen molar-refractivity contribution in [1.82, 2.24) is 4.90 Å². The Morgan fingerprint density at radius 1 is 1.43 bits per heavy atom. The molecule has 1 saturated heterocycles. The van der Waals surface area contributed by atoms with Crippen molar-refractivity contribution in [3.8, 4) is 0 Å². The van der Waals surface area contributed by atoms with Gasteiger partial charge in [-0.2, -0.15) is 0 Å². The largest absolute Gasteiger partial charge is 0.377 e. The number of ether oxygens (including phenoxy) is 1. The number of carbonyl (C=O) groups is 2. The van der Waals surface area contributed by atoms with Gasteiger partial charge in [-0.25, -0.2) is 0 Å². The Morgan fingerprint density at radius 2 is 2.29 bits per heavy atom. The monoisotopic (exact) mass is 195 g/mol. The van der Waals surface area contributed by atoms with Crippen LogP contribution in [0.15, 0.2) is 11.6 Å². The molecule has 2 aliphatic rings. The van der Waals surface area contributed by atoms with Crippen molar-refractivity contribution in [2.24, 2.45) is 0 Å². The smallest absolute Gasteiger partial charge is 0.230 e. The SMILES string of the molecule is O=C1CC(=O)N(CC2=CCOCC2)C1. The van der Waals surface area contributed by atoms with Gasteiger partial charge in [0.25, 0.3) is 0 Å². The van der Waals surface area contributed by atoms with Gasteiger partial charge in [-0.3, -0.25) is 9.59 Å². The van der Waals surface area contributed by atoms with Crippen LogP contribution < -0.4 is 0 Å². The molecule has 1 fully saturated rings. The molecular formula is C10H13NO3. The van der Waals surface area contributed by atoms with E-state index in [0.29, 0.717) is 13.2 Å². The van der Waals surface area contributed by atoms with Crippen molar-refractivity contribution < 1.29 is 14.3 Å². The molecule has 0 aromatic carbocycles. The minimum atomic E-state index is -0.0395. The summed E-state index contributed by atoms with van der Waals surface area (Å²) in [6.07, 6.45) is 2.96. The predicted molar refractivity (Wildman–Crippen MR) is 49.7 cm³/mol. The van der Waals surface area contributed by atoms with E-state index in [4.69, 9.17) is 4.74 Å². The summed E-state index contributed by atoms with van der Waals surface area (Å²) in [5.41, 5.74) is 1.21. The molecule has 2 rings (SSSR count). The van der Waals surface area contributed by atoms with Gasteiger partial charge in [-0.1, -0.05) is 11.6 Å². The maximum Gasteiger partial charge on any atom is 0.230 e. The van der Waals surface area contributed by atoms with Gasteiger partial charge < -0.3 is 9.64 Å². The summed E-state index contributed by atoms with van der Waals surface area (Å²) < 4.78 is 5.17. The molecular weight excluding hydrogens is 182 g/mol. The zero-order valence-corrected chi connectivity index (χ0v) is 7.99. The molecule has 4 nitrogen and oxygen atoms in total. The molecule has 14 heavy (non-hydrogen) atoms. The molecule has 0 bridgehead atoms. The van der Waals surface area contributed by atoms with Gasteiger partial charge in [0.15, 0.2) is 5.78 Å². The summed E-state index contributed by atoms with van der Waals surface area (Å²) in [6, 6.07) is 0. The van der Waals surface area contributed by atoms with Gasteiger partial charge in [-0.05, 0) is 6.42 Å². The number of hydrogen-bond acceptors (Lipinski definition) is 3. The zero-order valence-electron chi connectivity index (χ0n) is 7.99. The molecule has 0 radical (unpaired) electrons. The predicted octanol–water partition coefficient (Wildman–Crippen LogP) is 0.134. The summed E-state index contributed by atoms with van der Waals surface area (Å²) in [4.78, 5) is 23.9. The minimum Gasteiger partial charge on any atom is -0.377 e. The number of likely N-dealkylation sites (tertiary alicyclic amines) is 1. The van der Waals surface area contributed by atoms with E-state index in [1.807, 2.05) is 6.08 Å². The molecule has 0 aromatic heterocycles. The normalized spacial score (nSPS) is 22.9. The standard InChI is InChI=1S/C10H13NO3/c12-9-5-10(13)11(7-9)6-8-1-3-14-4-2-8/h1H,2-7H2. The van der Waals surface area contributed by atoms with Crippen LogP contribution in [0.3, 0.4) is 0 Å². The Morgan fingerprint density at radius 3 is 2.86 bits per heavy atom. The van der Waals surface area contributed by atoms with Crippen molar-refractivity contribution >= 4 is 11.7 Å². The first-order chi connectivity index (χ1) is 6.75. The van der Waals surface area contributed by atoms with Crippen LogP contribution in [0.4, 0.5) is 0 Å². The van der Waals surface area contributed by atoms with Crippen LogP contribution in [0.1, 0.15) is 12.8 Å². The van der Waals surface area contributed by atoms with E-state index in [2.05, 4.69) is 0 Å². The fourth-order valence-corrected chi connectivity index (χ4v) is 1.74. The summed E-state index contributed by atoms with van der Waals surface area (Å²) in [5, 5.41) is 0. The Balaban J connectivity index is 1.93. The van der Waals surface area contributed by atoms with E-state index >= 15 is 0 Å². The molecule has 0 aromatic rings. The molecule has 76 valence electrons. The van der Waals surface area contributed by atoms with Crippen molar-refractivity contribution in [3.05, 3.63) is 11.6 Å². The van der Waals surface area contributed by atoms with Crippen LogP contribution in [0, 0.1) is 0 Å². The Bertz CT molecular complexity index is 296. The minimum absolute atomic E-state index is 0.0302. The lowest BCUT2D eigenvalue weighted by Gasteiger charge is -2.19. The van der Waals surface area contributed by atoms with Crippen molar-refractivity contribution in [3.63, 3.8) is 0 Å². The van der Waals surface area contributed by atoms with Crippen LogP contribution in [0.2, 0.25) is 0 Å². The maximum atomic E-state index is 11.3. The second-order valence-electron chi connectivity index (χ2n) is 3.65. The van der Waals surface area contributed by atoms with Crippen molar-refractivity contribution in [2.75, 3.05) is 26.3 Å². The number of hydrogen-bond donors (Lipinski definition) is 0. The summed E-state index contributed by atoms with van der Waals surface area (Å²) >= 11 is 0. The Hall–Kier alpha value is -1.16. The quantitative estimate of drug-likeness (QED) is 0.465. The number of rotatable bonds is 2. The van der Waals surface area contributed by atoms with Crippen LogP contribution in [0.25, 0.3) is 0 Å². The molecule has 0 aliphatic carbocycles. The number of ketones is 1. The maximum absolute atomic E-state index is 11.3. The lowest BCUT2D eigenvalue weighted by molar-refractivity contribution is -0.127. The van der Waals surface area contributed by atoms with Gasteiger partial charge in [-0.15, -0.1) is 0 Å². The lowest BCUT2D eigenvalue weighted by atomic mass is 10.1. The Labute approximate surface area is 82.5 Å². The Kier molecular flexibility index (Phi) is 2.63. The molecule has 1 amide bonds. The highest BCUT2D eigenvalue weighted by atomic mass is 16.5. The molecule has 0 N–H and O–H groups in total. The van der Waals surface area contributed by atoms with Gasteiger partial charge in [0.05, 0.1) is 26.2 Å². The molecule has 0 saturated carbocycles. The molecule has 2 aliphatic heterocycles. The van der Waals surface area contributed by atoms with E-state index in [1.165, 1.54) is 5.57 Å². The van der Waals surface area contributed by atoms with E-state index in [0.717, 1.165) is 13.0 Å². The first kappa shape index (κ1) is 9.40. The van der Waals surface area contributed by atoms with Gasteiger partial charge in [0, 0.05) is 6.54 Å². The van der Waals surface area contributed by atoms with E-state index < -0.39 is 0 Å². The average Bonchev–Trinajstić information content (AvgIpc) is 2.47. The van der Waals surface area contributed by atoms with Crippen LogP contribution in [-0.4, -0.2) is 42.9 Å². The second-order valence-corrected chi connectivity index (χ2v) is 3.65. The summed E-state index contributed by atoms with van der Waals surface area (Å²) in [7, 11) is 0. The van der Waals surface area contributed by atoms with Crippen LogP contribution >= 0.6 is 0 Å². The molecule has 4 heteroatoms. The third-order valence-electron chi connectivity index (χ3n) is 2.52. The second kappa shape index (κ2) is 3.92. The van der Waals surface area contributed by atoms with Gasteiger partial charge in [0.2, 0.25) is 5.91 Å². The molecule has 2 heterocycles. The number of Topliss-reactive ketones (excluding diaryl/α,β-unsaturated/α-hetero) is 1. The highest BCUT2D eigenvalue weighted by molar-refractivity contribution is 6.05. The van der Waals surface area contributed by atoms with Gasteiger partial charge in [0.1, 0.15) is 0 Å².